The molecule has 0 heterocycles. The molecule has 0 fully saturated rings. The fourth-order valence-corrected chi connectivity index (χ4v) is 1.85. The highest BCUT2D eigenvalue weighted by Crippen LogP contribution is 2.49. The van der Waals surface area contributed by atoms with Crippen LogP contribution in [-0.2, 0) is 0 Å². The summed E-state index contributed by atoms with van der Waals surface area (Å²) in [6, 6.07) is 9.86. The van der Waals surface area contributed by atoms with Gasteiger partial charge in [-0.05, 0) is 16.3 Å². The van der Waals surface area contributed by atoms with Gasteiger partial charge in [0.15, 0.2) is 0 Å². The maximum absolute atomic E-state index is 13.4. The Morgan fingerprint density at radius 3 is 1.90 bits per heavy atom. The fourth-order valence-electron chi connectivity index (χ4n) is 1.85. The second kappa shape index (κ2) is 4.89. The van der Waals surface area contributed by atoms with Gasteiger partial charge in [-0.2, -0.15) is 30.7 Å². The first-order chi connectivity index (χ1) is 9.56. The Hall–Kier alpha value is -1.79. The van der Waals surface area contributed by atoms with Crippen molar-refractivity contribution in [2.75, 3.05) is 0 Å². The molecular formula is C14H8F7. The van der Waals surface area contributed by atoms with Crippen LogP contribution in [0, 0.1) is 6.42 Å². The molecular weight excluding hydrogens is 301 g/mol. The van der Waals surface area contributed by atoms with Crippen LogP contribution in [0.3, 0.4) is 0 Å². The van der Waals surface area contributed by atoms with Crippen molar-refractivity contribution < 1.29 is 30.7 Å². The number of fused-ring (bicyclic) bond motifs is 1. The summed E-state index contributed by atoms with van der Waals surface area (Å²) in [6.45, 7) is 0. The van der Waals surface area contributed by atoms with E-state index in [-0.39, 0.29) is 17.4 Å². The second-order valence-electron chi connectivity index (χ2n) is 4.41. The maximum Gasteiger partial charge on any atom is 0.459 e. The van der Waals surface area contributed by atoms with Crippen LogP contribution in [0.1, 0.15) is 5.56 Å². The molecule has 113 valence electrons. The lowest BCUT2D eigenvalue weighted by atomic mass is 9.96. The zero-order chi connectivity index (χ0) is 15.9. The van der Waals surface area contributed by atoms with E-state index in [1.54, 1.807) is 6.07 Å². The van der Waals surface area contributed by atoms with Gasteiger partial charge in [0, 0.05) is 0 Å². The summed E-state index contributed by atoms with van der Waals surface area (Å²) in [4.78, 5) is 0. The Morgan fingerprint density at radius 1 is 0.714 bits per heavy atom. The Bertz CT molecular complexity index is 638. The van der Waals surface area contributed by atoms with Crippen LogP contribution in [-0.4, -0.2) is 18.0 Å². The molecule has 1 radical (unpaired) electrons. The van der Waals surface area contributed by atoms with Crippen molar-refractivity contribution in [1.82, 2.24) is 0 Å². The van der Waals surface area contributed by atoms with Crippen LogP contribution >= 0.6 is 0 Å². The molecule has 0 atom stereocenters. The zero-order valence-corrected chi connectivity index (χ0v) is 10.3. The van der Waals surface area contributed by atoms with Crippen molar-refractivity contribution in [2.24, 2.45) is 0 Å². The summed E-state index contributed by atoms with van der Waals surface area (Å²) in [5.74, 6) is -11.5. The van der Waals surface area contributed by atoms with Crippen molar-refractivity contribution in [3.05, 3.63) is 54.4 Å². The summed E-state index contributed by atoms with van der Waals surface area (Å²) in [7, 11) is 0. The predicted octanol–water partition coefficient (Wildman–Crippen LogP) is 5.23. The first-order valence-electron chi connectivity index (χ1n) is 5.72. The normalized spacial score (nSPS) is 13.7. The van der Waals surface area contributed by atoms with Gasteiger partial charge in [-0.1, -0.05) is 42.5 Å². The quantitative estimate of drug-likeness (QED) is 0.681. The van der Waals surface area contributed by atoms with Gasteiger partial charge in [-0.15, -0.1) is 0 Å². The highest BCUT2D eigenvalue weighted by molar-refractivity contribution is 5.86. The van der Waals surface area contributed by atoms with Gasteiger partial charge >= 0.3 is 18.0 Å². The average Bonchev–Trinajstić information content (AvgIpc) is 2.37. The van der Waals surface area contributed by atoms with Crippen molar-refractivity contribution in [3.8, 4) is 0 Å². The van der Waals surface area contributed by atoms with Crippen molar-refractivity contribution >= 4 is 10.8 Å². The summed E-state index contributed by atoms with van der Waals surface area (Å²) < 4.78 is 88.8. The third kappa shape index (κ3) is 2.69. The predicted molar refractivity (Wildman–Crippen MR) is 63.3 cm³/mol. The average molecular weight is 309 g/mol. The monoisotopic (exact) mass is 309 g/mol. The summed E-state index contributed by atoms with van der Waals surface area (Å²) in [6.07, 6.45) is -6.68. The SMILES string of the molecule is FC(F)(F)C(F)(F)C(F)(F)[CH]c1cccc2ccccc12. The summed E-state index contributed by atoms with van der Waals surface area (Å²) in [5.41, 5.74) is -0.387. The van der Waals surface area contributed by atoms with Crippen LogP contribution in [0.5, 0.6) is 0 Å². The van der Waals surface area contributed by atoms with E-state index in [9.17, 15) is 30.7 Å². The number of hydrogen-bond acceptors (Lipinski definition) is 0. The Balaban J connectivity index is 2.44. The van der Waals surface area contributed by atoms with Gasteiger partial charge in [0.2, 0.25) is 0 Å². The van der Waals surface area contributed by atoms with Gasteiger partial charge in [0.05, 0.1) is 6.42 Å². The molecule has 0 aromatic heterocycles. The topological polar surface area (TPSA) is 0 Å². The minimum Gasteiger partial charge on any atom is -0.199 e. The molecule has 0 N–H and O–H groups in total. The smallest absolute Gasteiger partial charge is 0.199 e. The van der Waals surface area contributed by atoms with Crippen LogP contribution in [0.25, 0.3) is 10.8 Å². The van der Waals surface area contributed by atoms with Crippen molar-refractivity contribution in [3.63, 3.8) is 0 Å². The molecule has 0 nitrogen and oxygen atoms in total. The molecule has 0 aliphatic rings. The Labute approximate surface area is 115 Å². The van der Waals surface area contributed by atoms with Crippen LogP contribution in [0.15, 0.2) is 42.5 Å². The largest absolute Gasteiger partial charge is 0.459 e. The van der Waals surface area contributed by atoms with E-state index in [0.717, 1.165) is 6.07 Å². The van der Waals surface area contributed by atoms with Crippen LogP contribution in [0.2, 0.25) is 0 Å². The summed E-state index contributed by atoms with van der Waals surface area (Å²) >= 11 is 0. The molecule has 0 saturated carbocycles. The number of halogens is 7. The van der Waals surface area contributed by atoms with E-state index < -0.39 is 18.0 Å². The van der Waals surface area contributed by atoms with E-state index in [4.69, 9.17) is 0 Å². The van der Waals surface area contributed by atoms with Gasteiger partial charge in [0.1, 0.15) is 0 Å². The van der Waals surface area contributed by atoms with Gasteiger partial charge in [0.25, 0.3) is 0 Å². The second-order valence-corrected chi connectivity index (χ2v) is 4.41. The first kappa shape index (κ1) is 15.6. The van der Waals surface area contributed by atoms with E-state index in [1.807, 2.05) is 0 Å². The lowest BCUT2D eigenvalue weighted by Crippen LogP contribution is -2.52. The van der Waals surface area contributed by atoms with E-state index >= 15 is 0 Å². The zero-order valence-electron chi connectivity index (χ0n) is 10.3. The molecule has 0 amide bonds. The fraction of sp³-hybridized carbons (Fsp3) is 0.214. The highest BCUT2D eigenvalue weighted by Gasteiger charge is 2.72. The van der Waals surface area contributed by atoms with Crippen LogP contribution < -0.4 is 0 Å². The molecule has 0 bridgehead atoms. The molecule has 2 rings (SSSR count). The molecule has 21 heavy (non-hydrogen) atoms. The minimum atomic E-state index is -6.34. The molecule has 0 aliphatic heterocycles. The van der Waals surface area contributed by atoms with E-state index in [0.29, 0.717) is 5.39 Å². The Morgan fingerprint density at radius 2 is 1.29 bits per heavy atom. The third-order valence-electron chi connectivity index (χ3n) is 2.93. The molecule has 0 spiro atoms. The third-order valence-corrected chi connectivity index (χ3v) is 2.93. The number of rotatable bonds is 3. The van der Waals surface area contributed by atoms with E-state index in [1.165, 1.54) is 30.3 Å². The maximum atomic E-state index is 13.4. The molecule has 7 heteroatoms. The van der Waals surface area contributed by atoms with Gasteiger partial charge in [-0.25, -0.2) is 0 Å². The molecule has 0 unspecified atom stereocenters. The number of benzene rings is 2. The molecule has 0 saturated heterocycles. The number of hydrogen-bond donors (Lipinski definition) is 0. The number of alkyl halides is 7. The molecule has 0 aliphatic carbocycles. The standard InChI is InChI=1S/C14H8F7/c15-12(16,13(17,18)14(19,20)21)8-10-6-3-5-9-4-1-2-7-11(9)10/h1-8H. The van der Waals surface area contributed by atoms with Crippen molar-refractivity contribution in [2.45, 2.75) is 18.0 Å². The van der Waals surface area contributed by atoms with Crippen molar-refractivity contribution in [1.29, 1.82) is 0 Å². The lowest BCUT2D eigenvalue weighted by molar-refractivity contribution is -0.345. The van der Waals surface area contributed by atoms with Gasteiger partial charge < -0.3 is 0 Å². The summed E-state index contributed by atoms with van der Waals surface area (Å²) in [5, 5.41) is 0.620. The van der Waals surface area contributed by atoms with Crippen LogP contribution in [0.4, 0.5) is 30.7 Å². The van der Waals surface area contributed by atoms with Gasteiger partial charge in [-0.3, -0.25) is 0 Å². The lowest BCUT2D eigenvalue weighted by Gasteiger charge is -2.28. The van der Waals surface area contributed by atoms with E-state index in [2.05, 4.69) is 0 Å². The molecule has 2 aromatic carbocycles. The minimum absolute atomic E-state index is 0.164. The first-order valence-corrected chi connectivity index (χ1v) is 5.72. The Kier molecular flexibility index (Phi) is 3.63. The molecule has 2 aromatic rings. The highest BCUT2D eigenvalue weighted by atomic mass is 19.4.